The van der Waals surface area contributed by atoms with E-state index in [1.165, 1.54) is 43.6 Å². The van der Waals surface area contributed by atoms with Gasteiger partial charge in [0, 0.05) is 11.8 Å². The lowest BCUT2D eigenvalue weighted by Crippen LogP contribution is -2.39. The Morgan fingerprint density at radius 3 is 2.59 bits per heavy atom. The first-order valence-corrected chi connectivity index (χ1v) is 8.38. The Morgan fingerprint density at radius 2 is 2.06 bits per heavy atom. The average molecular weight is 256 g/mol. The number of fused-ring (bicyclic) bond motifs is 2. The van der Waals surface area contributed by atoms with Crippen LogP contribution in [0.4, 0.5) is 0 Å². The maximum Gasteiger partial charge on any atom is 0.0303 e. The quantitative estimate of drug-likeness (QED) is 0.543. The van der Waals surface area contributed by atoms with Crippen molar-refractivity contribution in [2.45, 2.75) is 52.0 Å². The molecule has 2 fully saturated rings. The van der Waals surface area contributed by atoms with Crippen molar-refractivity contribution in [1.29, 1.82) is 0 Å². The van der Waals surface area contributed by atoms with Crippen LogP contribution in [0.15, 0.2) is 0 Å². The first-order chi connectivity index (χ1) is 8.19. The zero-order chi connectivity index (χ0) is 12.3. The number of hydrogen-bond donors (Lipinski definition) is 2. The summed E-state index contributed by atoms with van der Waals surface area (Å²) in [5.41, 5.74) is 3.04. The van der Waals surface area contributed by atoms with Crippen molar-refractivity contribution < 1.29 is 0 Å². The molecule has 2 rings (SSSR count). The van der Waals surface area contributed by atoms with Crippen LogP contribution in [0, 0.1) is 23.7 Å². The Balaban J connectivity index is 1.68. The van der Waals surface area contributed by atoms with E-state index in [1.807, 2.05) is 0 Å². The van der Waals surface area contributed by atoms with Crippen molar-refractivity contribution in [2.75, 3.05) is 11.5 Å². The maximum atomic E-state index is 5.70. The molecule has 0 aromatic carbocycles. The fourth-order valence-electron chi connectivity index (χ4n) is 3.66. The number of hydrogen-bond acceptors (Lipinski definition) is 3. The van der Waals surface area contributed by atoms with Crippen molar-refractivity contribution in [3.05, 3.63) is 0 Å². The van der Waals surface area contributed by atoms with E-state index >= 15 is 0 Å². The van der Waals surface area contributed by atoms with Gasteiger partial charge in [0.2, 0.25) is 0 Å². The summed E-state index contributed by atoms with van der Waals surface area (Å²) in [6.07, 6.45) is 7.30. The van der Waals surface area contributed by atoms with Gasteiger partial charge in [-0.05, 0) is 55.1 Å². The van der Waals surface area contributed by atoms with Crippen LogP contribution in [0.25, 0.3) is 0 Å². The zero-order valence-electron chi connectivity index (χ0n) is 11.3. The second kappa shape index (κ2) is 6.44. The minimum atomic E-state index is 0.531. The molecule has 2 saturated carbocycles. The van der Waals surface area contributed by atoms with E-state index in [-0.39, 0.29) is 0 Å². The van der Waals surface area contributed by atoms with E-state index in [0.717, 1.165) is 23.7 Å². The van der Waals surface area contributed by atoms with Crippen LogP contribution < -0.4 is 11.3 Å². The maximum absolute atomic E-state index is 5.70. The summed E-state index contributed by atoms with van der Waals surface area (Å²) in [6, 6.07) is 0.531. The number of hydrazine groups is 1. The van der Waals surface area contributed by atoms with Crippen molar-refractivity contribution in [1.82, 2.24) is 5.43 Å². The highest BCUT2D eigenvalue weighted by Crippen LogP contribution is 2.49. The van der Waals surface area contributed by atoms with Gasteiger partial charge in [-0.1, -0.05) is 20.3 Å². The van der Waals surface area contributed by atoms with Gasteiger partial charge >= 0.3 is 0 Å². The summed E-state index contributed by atoms with van der Waals surface area (Å²) in [5, 5.41) is 0. The zero-order valence-corrected chi connectivity index (χ0v) is 12.1. The third kappa shape index (κ3) is 3.87. The second-order valence-corrected chi connectivity index (χ2v) is 7.54. The van der Waals surface area contributed by atoms with Gasteiger partial charge in [-0.25, -0.2) is 0 Å². The van der Waals surface area contributed by atoms with Crippen LogP contribution >= 0.6 is 11.8 Å². The molecular formula is C14H28N2S. The predicted octanol–water partition coefficient (Wildman–Crippen LogP) is 3.03. The van der Waals surface area contributed by atoms with Crippen molar-refractivity contribution in [2.24, 2.45) is 29.5 Å². The molecule has 4 unspecified atom stereocenters. The molecule has 3 heteroatoms. The van der Waals surface area contributed by atoms with E-state index in [4.69, 9.17) is 5.84 Å². The number of nitrogens with one attached hydrogen (secondary N) is 1. The van der Waals surface area contributed by atoms with E-state index in [0.29, 0.717) is 6.04 Å². The van der Waals surface area contributed by atoms with Gasteiger partial charge in [0.25, 0.3) is 0 Å². The summed E-state index contributed by atoms with van der Waals surface area (Å²) in [5.74, 6) is 12.0. The summed E-state index contributed by atoms with van der Waals surface area (Å²) in [6.45, 7) is 4.57. The number of thioether (sulfide) groups is 1. The van der Waals surface area contributed by atoms with Crippen LogP contribution in [0.3, 0.4) is 0 Å². The third-order valence-corrected chi connectivity index (χ3v) is 6.02. The lowest BCUT2D eigenvalue weighted by Gasteiger charge is -2.26. The summed E-state index contributed by atoms with van der Waals surface area (Å²) < 4.78 is 0. The monoisotopic (exact) mass is 256 g/mol. The standard InChI is InChI=1S/C14H28N2S/c1-10(2)8-17-9-14(16-15)7-13-6-11-3-4-12(13)5-11/h10-14,16H,3-9,15H2,1-2H3. The number of rotatable bonds is 7. The van der Waals surface area contributed by atoms with Gasteiger partial charge in [-0.3, -0.25) is 11.3 Å². The molecule has 0 radical (unpaired) electrons. The fourth-order valence-corrected chi connectivity index (χ4v) is 4.79. The van der Waals surface area contributed by atoms with Crippen molar-refractivity contribution >= 4 is 11.8 Å². The van der Waals surface area contributed by atoms with E-state index in [2.05, 4.69) is 31.0 Å². The van der Waals surface area contributed by atoms with E-state index in [1.54, 1.807) is 0 Å². The molecule has 2 aliphatic rings. The molecule has 0 aliphatic heterocycles. The van der Waals surface area contributed by atoms with Crippen LogP contribution in [0.5, 0.6) is 0 Å². The molecular weight excluding hydrogens is 228 g/mol. The minimum absolute atomic E-state index is 0.531. The van der Waals surface area contributed by atoms with Gasteiger partial charge in [-0.15, -0.1) is 0 Å². The lowest BCUT2D eigenvalue weighted by molar-refractivity contribution is 0.286. The molecule has 0 aromatic rings. The molecule has 0 spiro atoms. The topological polar surface area (TPSA) is 38.0 Å². The smallest absolute Gasteiger partial charge is 0.0303 e. The van der Waals surface area contributed by atoms with Crippen LogP contribution in [-0.2, 0) is 0 Å². The minimum Gasteiger partial charge on any atom is -0.271 e. The fraction of sp³-hybridized carbons (Fsp3) is 1.00. The molecule has 2 bridgehead atoms. The lowest BCUT2D eigenvalue weighted by atomic mass is 9.84. The SMILES string of the molecule is CC(C)CSCC(CC1CC2CCC1C2)NN. The van der Waals surface area contributed by atoms with Gasteiger partial charge in [0.15, 0.2) is 0 Å². The third-order valence-electron chi connectivity index (χ3n) is 4.48. The van der Waals surface area contributed by atoms with Gasteiger partial charge in [-0.2, -0.15) is 11.8 Å². The van der Waals surface area contributed by atoms with Gasteiger partial charge < -0.3 is 0 Å². The normalized spacial score (nSPS) is 33.5. The average Bonchev–Trinajstić information content (AvgIpc) is 2.89. The van der Waals surface area contributed by atoms with Crippen molar-refractivity contribution in [3.63, 3.8) is 0 Å². The molecule has 0 aromatic heterocycles. The second-order valence-electron chi connectivity index (χ2n) is 6.47. The highest BCUT2D eigenvalue weighted by atomic mass is 32.2. The molecule has 0 amide bonds. The Bertz CT molecular complexity index is 232. The molecule has 0 saturated heterocycles. The summed E-state index contributed by atoms with van der Waals surface area (Å²) >= 11 is 2.05. The molecule has 3 N–H and O–H groups in total. The highest BCUT2D eigenvalue weighted by molar-refractivity contribution is 7.99. The van der Waals surface area contributed by atoms with Gasteiger partial charge in [0.05, 0.1) is 0 Å². The molecule has 100 valence electrons. The summed E-state index contributed by atoms with van der Waals surface area (Å²) in [4.78, 5) is 0. The highest BCUT2D eigenvalue weighted by Gasteiger charge is 2.39. The Morgan fingerprint density at radius 1 is 1.24 bits per heavy atom. The predicted molar refractivity (Wildman–Crippen MR) is 76.8 cm³/mol. The first-order valence-electron chi connectivity index (χ1n) is 7.23. The van der Waals surface area contributed by atoms with Crippen molar-refractivity contribution in [3.8, 4) is 0 Å². The van der Waals surface area contributed by atoms with E-state index in [9.17, 15) is 0 Å². The number of nitrogens with two attached hydrogens (primary N) is 1. The Hall–Kier alpha value is 0.270. The van der Waals surface area contributed by atoms with Crippen LogP contribution in [-0.4, -0.2) is 17.5 Å². The largest absolute Gasteiger partial charge is 0.271 e. The van der Waals surface area contributed by atoms with E-state index < -0.39 is 0 Å². The first kappa shape index (κ1) is 13.7. The summed E-state index contributed by atoms with van der Waals surface area (Å²) in [7, 11) is 0. The molecule has 4 atom stereocenters. The van der Waals surface area contributed by atoms with Crippen LogP contribution in [0.2, 0.25) is 0 Å². The van der Waals surface area contributed by atoms with Crippen LogP contribution in [0.1, 0.15) is 46.0 Å². The molecule has 2 aliphatic carbocycles. The molecule has 2 nitrogen and oxygen atoms in total. The molecule has 17 heavy (non-hydrogen) atoms. The van der Waals surface area contributed by atoms with Gasteiger partial charge in [0.1, 0.15) is 0 Å². The Kier molecular flexibility index (Phi) is 5.19. The Labute approximate surface area is 110 Å². The molecule has 0 heterocycles.